The lowest BCUT2D eigenvalue weighted by Crippen LogP contribution is -2.47. The van der Waals surface area contributed by atoms with Gasteiger partial charge in [-0.15, -0.1) is 0 Å². The minimum atomic E-state index is -0.974. The fraction of sp³-hybridized carbons (Fsp3) is 0.409. The zero-order chi connectivity index (χ0) is 21.0. The van der Waals surface area contributed by atoms with Crippen LogP contribution in [0.2, 0.25) is 0 Å². The van der Waals surface area contributed by atoms with Gasteiger partial charge in [-0.25, -0.2) is 4.57 Å². The molecule has 0 spiro atoms. The van der Waals surface area contributed by atoms with Crippen LogP contribution in [0.4, 0.5) is 0 Å². The van der Waals surface area contributed by atoms with Gasteiger partial charge in [-0.3, -0.25) is 4.52 Å². The lowest BCUT2D eigenvalue weighted by atomic mass is 9.93. The van der Waals surface area contributed by atoms with Gasteiger partial charge in [-0.05, 0) is 55.4 Å². The van der Waals surface area contributed by atoms with E-state index in [2.05, 4.69) is 18.2 Å². The largest absolute Gasteiger partial charge is 0.492 e. The van der Waals surface area contributed by atoms with E-state index in [0.717, 1.165) is 24.8 Å². The van der Waals surface area contributed by atoms with Crippen LogP contribution in [0, 0.1) is 11.3 Å². The third-order valence-corrected chi connectivity index (χ3v) is 4.99. The molecule has 0 saturated heterocycles. The molecule has 0 heterocycles. The van der Waals surface area contributed by atoms with Crippen molar-refractivity contribution in [3.63, 3.8) is 0 Å². The average Bonchev–Trinajstić information content (AvgIpc) is 2.77. The van der Waals surface area contributed by atoms with Crippen LogP contribution in [0.1, 0.15) is 36.0 Å². The van der Waals surface area contributed by atoms with Crippen molar-refractivity contribution >= 4 is 8.69 Å². The van der Waals surface area contributed by atoms with Crippen LogP contribution in [0.25, 0.3) is 0 Å². The minimum Gasteiger partial charge on any atom is -0.492 e. The maximum absolute atomic E-state index is 10.5. The zero-order valence-electron chi connectivity index (χ0n) is 16.4. The molecule has 0 fully saturated rings. The van der Waals surface area contributed by atoms with Crippen molar-refractivity contribution in [3.05, 3.63) is 65.2 Å². The molecule has 2 aromatic rings. The minimum absolute atomic E-state index is 0.0101. The van der Waals surface area contributed by atoms with Crippen molar-refractivity contribution in [1.82, 2.24) is 0 Å². The standard InChI is InChI=1S/C22H27N2O4P/c23-15-20-14-19(11-12-22(24,16-25)17-28-29-26)9-10-21(20)27-13-5-4-8-18-6-2-1-3-7-18/h1-3,6-7,9-10,14,25H,4-5,8,11-13,16-17,24H2. The Morgan fingerprint density at radius 1 is 1.10 bits per heavy atom. The Morgan fingerprint density at radius 3 is 2.59 bits per heavy atom. The Labute approximate surface area is 173 Å². The van der Waals surface area contributed by atoms with E-state index in [1.54, 1.807) is 12.1 Å². The Bertz CT molecular complexity index is 810. The van der Waals surface area contributed by atoms with Crippen molar-refractivity contribution in [2.24, 2.45) is 5.73 Å². The second kappa shape index (κ2) is 12.3. The lowest BCUT2D eigenvalue weighted by Gasteiger charge is -2.25. The van der Waals surface area contributed by atoms with Crippen molar-refractivity contribution in [1.29, 1.82) is 5.26 Å². The molecule has 7 heteroatoms. The first-order valence-corrected chi connectivity index (χ1v) is 10.4. The molecule has 3 N–H and O–H groups in total. The third kappa shape index (κ3) is 7.92. The molecule has 0 aliphatic heterocycles. The highest BCUT2D eigenvalue weighted by molar-refractivity contribution is 7.17. The van der Waals surface area contributed by atoms with Crippen molar-refractivity contribution in [3.8, 4) is 11.8 Å². The highest BCUT2D eigenvalue weighted by Crippen LogP contribution is 2.22. The Kier molecular flexibility index (Phi) is 9.76. The summed E-state index contributed by atoms with van der Waals surface area (Å²) in [6, 6.07) is 18.0. The number of aliphatic hydroxyl groups is 1. The number of benzene rings is 2. The Morgan fingerprint density at radius 2 is 1.90 bits per heavy atom. The number of aliphatic hydroxyl groups excluding tert-OH is 1. The molecule has 2 rings (SSSR count). The molecule has 1 atom stereocenters. The zero-order valence-corrected chi connectivity index (χ0v) is 17.3. The van der Waals surface area contributed by atoms with Crippen LogP contribution in [-0.2, 0) is 21.9 Å². The molecular weight excluding hydrogens is 387 g/mol. The monoisotopic (exact) mass is 414 g/mol. The van der Waals surface area contributed by atoms with Crippen LogP contribution >= 0.6 is 8.69 Å². The quantitative estimate of drug-likeness (QED) is 0.381. The van der Waals surface area contributed by atoms with Crippen LogP contribution in [0.15, 0.2) is 48.5 Å². The number of nitrogens with zero attached hydrogens (tertiary/aromatic N) is 1. The number of nitriles is 1. The van der Waals surface area contributed by atoms with Gasteiger partial charge in [0.1, 0.15) is 11.8 Å². The molecule has 0 aliphatic rings. The van der Waals surface area contributed by atoms with E-state index in [1.165, 1.54) is 5.56 Å². The molecule has 1 unspecified atom stereocenters. The highest BCUT2D eigenvalue weighted by atomic mass is 31.1. The molecule has 6 nitrogen and oxygen atoms in total. The van der Waals surface area contributed by atoms with Crippen molar-refractivity contribution in [2.75, 3.05) is 19.8 Å². The van der Waals surface area contributed by atoms with Crippen molar-refractivity contribution in [2.45, 2.75) is 37.6 Å². The van der Waals surface area contributed by atoms with Crippen LogP contribution in [0.5, 0.6) is 5.75 Å². The normalized spacial score (nSPS) is 13.0. The smallest absolute Gasteiger partial charge is 0.327 e. The molecule has 0 amide bonds. The molecule has 0 saturated carbocycles. The van der Waals surface area contributed by atoms with Gasteiger partial charge < -0.3 is 15.6 Å². The summed E-state index contributed by atoms with van der Waals surface area (Å²) in [6.45, 7) is 0.269. The maximum Gasteiger partial charge on any atom is 0.327 e. The number of hydrogen-bond acceptors (Lipinski definition) is 6. The summed E-state index contributed by atoms with van der Waals surface area (Å²) in [5.74, 6) is 0.575. The van der Waals surface area contributed by atoms with E-state index in [-0.39, 0.29) is 13.2 Å². The number of ether oxygens (including phenoxy) is 1. The van der Waals surface area contributed by atoms with E-state index in [1.807, 2.05) is 24.3 Å². The number of nitrogens with two attached hydrogens (primary N) is 1. The molecule has 0 bridgehead atoms. The van der Waals surface area contributed by atoms with Crippen LogP contribution in [0.3, 0.4) is 0 Å². The second-order valence-electron chi connectivity index (χ2n) is 7.10. The molecule has 154 valence electrons. The summed E-state index contributed by atoms with van der Waals surface area (Å²) in [5, 5.41) is 18.9. The molecule has 29 heavy (non-hydrogen) atoms. The third-order valence-electron chi connectivity index (χ3n) is 4.76. The first kappa shape index (κ1) is 23.0. The fourth-order valence-corrected chi connectivity index (χ4v) is 3.26. The first-order chi connectivity index (χ1) is 14.1. The van der Waals surface area contributed by atoms with Gasteiger partial charge in [0.25, 0.3) is 0 Å². The van der Waals surface area contributed by atoms with E-state index in [0.29, 0.717) is 30.8 Å². The summed E-state index contributed by atoms with van der Waals surface area (Å²) in [5.41, 5.74) is 7.80. The number of hydrogen-bond donors (Lipinski definition) is 2. The first-order valence-electron chi connectivity index (χ1n) is 9.64. The SMILES string of the molecule is N#Cc1cc(CCC(N)(CO)COP=O)ccc1OCCCCc1ccccc1. The van der Waals surface area contributed by atoms with Gasteiger partial charge in [-0.2, -0.15) is 5.26 Å². The summed E-state index contributed by atoms with van der Waals surface area (Å²) < 4.78 is 21.0. The Hall–Kier alpha value is -2.29. The Balaban J connectivity index is 1.83. The molecule has 2 aromatic carbocycles. The van der Waals surface area contributed by atoms with Gasteiger partial charge in [0, 0.05) is 0 Å². The van der Waals surface area contributed by atoms with Gasteiger partial charge in [-0.1, -0.05) is 36.4 Å². The summed E-state index contributed by atoms with van der Waals surface area (Å²) in [4.78, 5) is 0. The van der Waals surface area contributed by atoms with E-state index >= 15 is 0 Å². The van der Waals surface area contributed by atoms with Gasteiger partial charge in [0.2, 0.25) is 0 Å². The van der Waals surface area contributed by atoms with E-state index in [9.17, 15) is 14.9 Å². The average molecular weight is 414 g/mol. The number of unbranched alkanes of at least 4 members (excludes halogenated alkanes) is 1. The highest BCUT2D eigenvalue weighted by Gasteiger charge is 2.24. The predicted octanol–water partition coefficient (Wildman–Crippen LogP) is 3.81. The van der Waals surface area contributed by atoms with Crippen LogP contribution < -0.4 is 10.5 Å². The fourth-order valence-electron chi connectivity index (χ4n) is 2.95. The van der Waals surface area contributed by atoms with Gasteiger partial charge >= 0.3 is 8.69 Å². The molecular formula is C22H27N2O4P. The number of rotatable bonds is 13. The van der Waals surface area contributed by atoms with Gasteiger partial charge in [0.15, 0.2) is 0 Å². The summed E-state index contributed by atoms with van der Waals surface area (Å²) in [6.07, 6.45) is 3.93. The topological polar surface area (TPSA) is 106 Å². The van der Waals surface area contributed by atoms with Crippen LogP contribution in [-0.4, -0.2) is 30.5 Å². The van der Waals surface area contributed by atoms with Gasteiger partial charge in [0.05, 0.1) is 30.9 Å². The second-order valence-corrected chi connectivity index (χ2v) is 7.51. The lowest BCUT2D eigenvalue weighted by molar-refractivity contribution is 0.133. The molecule has 0 aromatic heterocycles. The predicted molar refractivity (Wildman–Crippen MR) is 112 cm³/mol. The summed E-state index contributed by atoms with van der Waals surface area (Å²) in [7, 11) is -0.463. The van der Waals surface area contributed by atoms with E-state index in [4.69, 9.17) is 15.0 Å². The number of aryl methyl sites for hydroxylation is 2. The molecule has 0 radical (unpaired) electrons. The maximum atomic E-state index is 10.5. The summed E-state index contributed by atoms with van der Waals surface area (Å²) >= 11 is 0. The van der Waals surface area contributed by atoms with Crippen molar-refractivity contribution < 1.29 is 18.9 Å². The molecule has 0 aliphatic carbocycles. The van der Waals surface area contributed by atoms with E-state index < -0.39 is 14.2 Å².